The lowest BCUT2D eigenvalue weighted by molar-refractivity contribution is -0.141. The number of anilines is 2. The second-order valence-corrected chi connectivity index (χ2v) is 5.22. The van der Waals surface area contributed by atoms with Gasteiger partial charge in [0, 0.05) is 0 Å². The van der Waals surface area contributed by atoms with Crippen LogP contribution in [-0.4, -0.2) is 14.8 Å². The van der Waals surface area contributed by atoms with Gasteiger partial charge < -0.3 is 5.32 Å². The first-order valence-electron chi connectivity index (χ1n) is 7.25. The average molecular weight is 343 g/mol. The minimum absolute atomic E-state index is 0.0138. The smallest absolute Gasteiger partial charge is 0.336 e. The number of hydrogen-bond donors (Lipinski definition) is 1. The molecule has 0 spiro atoms. The molecule has 0 saturated carbocycles. The maximum atomic E-state index is 12.9. The number of pyridine rings is 1. The number of halogens is 3. The molecule has 0 fully saturated rings. The highest BCUT2D eigenvalue weighted by Gasteiger charge is 2.33. The van der Waals surface area contributed by atoms with E-state index in [1.165, 1.54) is 6.20 Å². The molecule has 0 aliphatic heterocycles. The van der Waals surface area contributed by atoms with Crippen LogP contribution in [0, 0.1) is 18.3 Å². The topological polar surface area (TPSA) is 66.5 Å². The normalized spacial score (nSPS) is 11.2. The first kappa shape index (κ1) is 16.5. The minimum atomic E-state index is -4.59. The van der Waals surface area contributed by atoms with Gasteiger partial charge in [-0.15, -0.1) is 0 Å². The third-order valence-electron chi connectivity index (χ3n) is 3.57. The van der Waals surface area contributed by atoms with Crippen molar-refractivity contribution in [2.45, 2.75) is 13.1 Å². The number of nitrogens with zero attached hydrogens (tertiary/aromatic N) is 4. The highest BCUT2D eigenvalue weighted by molar-refractivity contribution is 5.64. The van der Waals surface area contributed by atoms with E-state index in [1.54, 1.807) is 11.6 Å². The van der Waals surface area contributed by atoms with Gasteiger partial charge in [0.15, 0.2) is 0 Å². The largest absolute Gasteiger partial charge is 0.433 e. The standard InChI is InChI=1S/C17H12F3N5/c1-11-14(10-22-25(11)13-5-3-2-4-6-13)23-16-12(9-21)7-8-15(24-16)17(18,19)20/h2-8,10H,1H3,(H,23,24). The van der Waals surface area contributed by atoms with Crippen LogP contribution in [-0.2, 0) is 6.18 Å². The van der Waals surface area contributed by atoms with Crippen molar-refractivity contribution in [3.63, 3.8) is 0 Å². The van der Waals surface area contributed by atoms with E-state index in [4.69, 9.17) is 5.26 Å². The molecule has 3 rings (SSSR count). The first-order valence-corrected chi connectivity index (χ1v) is 7.25. The van der Waals surface area contributed by atoms with E-state index >= 15 is 0 Å². The van der Waals surface area contributed by atoms with Crippen LogP contribution < -0.4 is 5.32 Å². The molecule has 25 heavy (non-hydrogen) atoms. The number of aromatic nitrogens is 3. The van der Waals surface area contributed by atoms with Gasteiger partial charge in [0.2, 0.25) is 0 Å². The Morgan fingerprint density at radius 2 is 1.84 bits per heavy atom. The molecule has 0 aliphatic carbocycles. The average Bonchev–Trinajstić information content (AvgIpc) is 2.95. The van der Waals surface area contributed by atoms with Gasteiger partial charge in [-0.25, -0.2) is 9.67 Å². The summed E-state index contributed by atoms with van der Waals surface area (Å²) in [5.41, 5.74) is 0.897. The van der Waals surface area contributed by atoms with Gasteiger partial charge in [0.25, 0.3) is 0 Å². The zero-order chi connectivity index (χ0) is 18.0. The van der Waals surface area contributed by atoms with Crippen molar-refractivity contribution in [1.82, 2.24) is 14.8 Å². The molecule has 2 heterocycles. The van der Waals surface area contributed by atoms with Crippen LogP contribution in [0.15, 0.2) is 48.7 Å². The summed E-state index contributed by atoms with van der Waals surface area (Å²) >= 11 is 0. The Hall–Kier alpha value is -3.34. The Kier molecular flexibility index (Phi) is 4.15. The fourth-order valence-electron chi connectivity index (χ4n) is 2.29. The number of para-hydroxylation sites is 1. The predicted octanol–water partition coefficient (Wildman–Crippen LogP) is 4.21. The van der Waals surface area contributed by atoms with E-state index < -0.39 is 11.9 Å². The van der Waals surface area contributed by atoms with E-state index in [-0.39, 0.29) is 11.4 Å². The van der Waals surface area contributed by atoms with E-state index in [0.29, 0.717) is 11.4 Å². The van der Waals surface area contributed by atoms with Gasteiger partial charge in [-0.1, -0.05) is 18.2 Å². The lowest BCUT2D eigenvalue weighted by atomic mass is 10.2. The molecule has 1 N–H and O–H groups in total. The fraction of sp³-hybridized carbons (Fsp3) is 0.118. The van der Waals surface area contributed by atoms with Crippen LogP contribution in [0.1, 0.15) is 17.0 Å². The molecule has 8 heteroatoms. The summed E-state index contributed by atoms with van der Waals surface area (Å²) in [6.45, 7) is 1.77. The molecule has 2 aromatic heterocycles. The maximum absolute atomic E-state index is 12.9. The van der Waals surface area contributed by atoms with Gasteiger partial charge in [0.05, 0.1) is 28.8 Å². The molecule has 0 bridgehead atoms. The minimum Gasteiger partial charge on any atom is -0.336 e. The summed E-state index contributed by atoms with van der Waals surface area (Å²) in [7, 11) is 0. The Balaban J connectivity index is 1.98. The van der Waals surface area contributed by atoms with Crippen molar-refractivity contribution >= 4 is 11.5 Å². The lowest BCUT2D eigenvalue weighted by Crippen LogP contribution is -2.10. The van der Waals surface area contributed by atoms with Crippen molar-refractivity contribution in [1.29, 1.82) is 5.26 Å². The first-order chi connectivity index (χ1) is 11.9. The van der Waals surface area contributed by atoms with Gasteiger partial charge in [-0.05, 0) is 31.2 Å². The van der Waals surface area contributed by atoms with Crippen molar-refractivity contribution in [2.75, 3.05) is 5.32 Å². The number of rotatable bonds is 3. The van der Waals surface area contributed by atoms with Crippen LogP contribution >= 0.6 is 0 Å². The van der Waals surface area contributed by atoms with Crippen LogP contribution in [0.3, 0.4) is 0 Å². The fourth-order valence-corrected chi connectivity index (χ4v) is 2.29. The van der Waals surface area contributed by atoms with Crippen molar-refractivity contribution in [3.8, 4) is 11.8 Å². The molecular formula is C17H12F3N5. The maximum Gasteiger partial charge on any atom is 0.433 e. The highest BCUT2D eigenvalue weighted by atomic mass is 19.4. The molecule has 0 aliphatic rings. The number of nitriles is 1. The summed E-state index contributed by atoms with van der Waals surface area (Å²) in [6.07, 6.45) is -3.11. The molecule has 0 atom stereocenters. The van der Waals surface area contributed by atoms with Crippen molar-refractivity contribution in [2.24, 2.45) is 0 Å². The van der Waals surface area contributed by atoms with E-state index in [0.717, 1.165) is 17.8 Å². The lowest BCUT2D eigenvalue weighted by Gasteiger charge is -2.11. The van der Waals surface area contributed by atoms with Crippen molar-refractivity contribution < 1.29 is 13.2 Å². The van der Waals surface area contributed by atoms with E-state index in [9.17, 15) is 13.2 Å². The second kappa shape index (κ2) is 6.28. The van der Waals surface area contributed by atoms with Crippen molar-refractivity contribution in [3.05, 3.63) is 65.6 Å². The summed E-state index contributed by atoms with van der Waals surface area (Å²) < 4.78 is 40.2. The third kappa shape index (κ3) is 3.30. The number of hydrogen-bond acceptors (Lipinski definition) is 4. The van der Waals surface area contributed by atoms with Gasteiger partial charge in [0.1, 0.15) is 17.6 Å². The molecule has 0 radical (unpaired) electrons. The summed E-state index contributed by atoms with van der Waals surface area (Å²) in [5.74, 6) is -0.159. The zero-order valence-corrected chi connectivity index (χ0v) is 13.0. The zero-order valence-electron chi connectivity index (χ0n) is 13.0. The van der Waals surface area contributed by atoms with Gasteiger partial charge >= 0.3 is 6.18 Å². The molecule has 0 saturated heterocycles. The Morgan fingerprint density at radius 3 is 2.48 bits per heavy atom. The highest BCUT2D eigenvalue weighted by Crippen LogP contribution is 2.31. The summed E-state index contributed by atoms with van der Waals surface area (Å²) in [6, 6.07) is 13.0. The molecule has 0 unspecified atom stereocenters. The van der Waals surface area contributed by atoms with Gasteiger partial charge in [-0.3, -0.25) is 0 Å². The Labute approximate surface area is 141 Å². The SMILES string of the molecule is Cc1c(Nc2nc(C(F)(F)F)ccc2C#N)cnn1-c1ccccc1. The van der Waals surface area contributed by atoms with Crippen LogP contribution in [0.5, 0.6) is 0 Å². The Morgan fingerprint density at radius 1 is 1.12 bits per heavy atom. The monoisotopic (exact) mass is 343 g/mol. The molecule has 3 aromatic rings. The molecule has 5 nitrogen and oxygen atoms in total. The predicted molar refractivity (Wildman–Crippen MR) is 85.5 cm³/mol. The number of nitrogens with one attached hydrogen (secondary N) is 1. The second-order valence-electron chi connectivity index (χ2n) is 5.22. The number of alkyl halides is 3. The molecule has 0 amide bonds. The molecular weight excluding hydrogens is 331 g/mol. The molecule has 1 aromatic carbocycles. The van der Waals surface area contributed by atoms with Crippen LogP contribution in [0.25, 0.3) is 5.69 Å². The molecule has 126 valence electrons. The van der Waals surface area contributed by atoms with Gasteiger partial charge in [-0.2, -0.15) is 23.5 Å². The van der Waals surface area contributed by atoms with E-state index in [2.05, 4.69) is 15.4 Å². The quantitative estimate of drug-likeness (QED) is 0.774. The summed E-state index contributed by atoms with van der Waals surface area (Å²) in [4.78, 5) is 3.54. The van der Waals surface area contributed by atoms with Crippen LogP contribution in [0.4, 0.5) is 24.7 Å². The third-order valence-corrected chi connectivity index (χ3v) is 3.57. The Bertz CT molecular complexity index is 939. The van der Waals surface area contributed by atoms with E-state index in [1.807, 2.05) is 36.4 Å². The number of benzene rings is 1. The summed E-state index contributed by atoms with van der Waals surface area (Å²) in [5, 5.41) is 16.1. The van der Waals surface area contributed by atoms with Crippen LogP contribution in [0.2, 0.25) is 0 Å².